The molecule has 0 spiro atoms. The van der Waals surface area contributed by atoms with E-state index in [1.165, 1.54) is 0 Å². The minimum atomic E-state index is -0.0964. The van der Waals surface area contributed by atoms with Crippen LogP contribution >= 0.6 is 11.8 Å². The fraction of sp³-hybridized carbons (Fsp3) is 0.160. The zero-order valence-electron chi connectivity index (χ0n) is 18.1. The molecule has 0 atom stereocenters. The molecule has 0 fully saturated rings. The van der Waals surface area contributed by atoms with E-state index in [9.17, 15) is 4.79 Å². The lowest BCUT2D eigenvalue weighted by atomic mass is 10.1. The fourth-order valence-corrected chi connectivity index (χ4v) is 4.72. The molecule has 2 aromatic heterocycles. The van der Waals surface area contributed by atoms with Gasteiger partial charge in [0.2, 0.25) is 5.78 Å². The number of ether oxygens (including phenoxy) is 1. The van der Waals surface area contributed by atoms with Gasteiger partial charge in [0, 0.05) is 5.75 Å². The van der Waals surface area contributed by atoms with Gasteiger partial charge in [-0.15, -0.1) is 10.2 Å². The summed E-state index contributed by atoms with van der Waals surface area (Å²) in [4.78, 5) is 13.5. The van der Waals surface area contributed by atoms with Crippen LogP contribution in [0.3, 0.4) is 0 Å². The molecule has 7 heteroatoms. The Morgan fingerprint density at radius 1 is 0.969 bits per heavy atom. The largest absolute Gasteiger partial charge is 0.497 e. The molecule has 0 N–H and O–H groups in total. The first-order valence-electron chi connectivity index (χ1n) is 10.3. The van der Waals surface area contributed by atoms with Crippen molar-refractivity contribution in [3.05, 3.63) is 93.8 Å². The molecular formula is C25H22N4O2S. The van der Waals surface area contributed by atoms with Crippen LogP contribution in [0.5, 0.6) is 5.75 Å². The first-order valence-corrected chi connectivity index (χ1v) is 11.3. The molecule has 0 bridgehead atoms. The summed E-state index contributed by atoms with van der Waals surface area (Å²) in [6, 6.07) is 21.7. The minimum Gasteiger partial charge on any atom is -0.497 e. The van der Waals surface area contributed by atoms with Crippen LogP contribution in [-0.2, 0) is 5.75 Å². The summed E-state index contributed by atoms with van der Waals surface area (Å²) in [6.07, 6.45) is 0. The van der Waals surface area contributed by atoms with Gasteiger partial charge < -0.3 is 4.74 Å². The highest BCUT2D eigenvalue weighted by atomic mass is 32.2. The third-order valence-corrected chi connectivity index (χ3v) is 6.53. The molecule has 32 heavy (non-hydrogen) atoms. The zero-order chi connectivity index (χ0) is 22.2. The highest BCUT2D eigenvalue weighted by Gasteiger charge is 2.19. The lowest BCUT2D eigenvalue weighted by Gasteiger charge is -2.14. The number of para-hydroxylation sites is 1. The zero-order valence-corrected chi connectivity index (χ0v) is 18.9. The second kappa shape index (κ2) is 8.16. The van der Waals surface area contributed by atoms with Gasteiger partial charge >= 0.3 is 0 Å². The van der Waals surface area contributed by atoms with Crippen molar-refractivity contribution in [2.45, 2.75) is 24.8 Å². The lowest BCUT2D eigenvalue weighted by molar-refractivity contribution is 0.414. The Kier molecular flexibility index (Phi) is 5.19. The van der Waals surface area contributed by atoms with E-state index in [4.69, 9.17) is 4.74 Å². The molecule has 0 amide bonds. The number of rotatable bonds is 5. The van der Waals surface area contributed by atoms with Gasteiger partial charge in [-0.3, -0.25) is 9.20 Å². The van der Waals surface area contributed by atoms with E-state index in [2.05, 4.69) is 10.2 Å². The van der Waals surface area contributed by atoms with E-state index in [0.717, 1.165) is 44.6 Å². The van der Waals surface area contributed by atoms with Crippen molar-refractivity contribution in [3.63, 3.8) is 0 Å². The van der Waals surface area contributed by atoms with Crippen molar-refractivity contribution in [2.24, 2.45) is 0 Å². The van der Waals surface area contributed by atoms with Crippen molar-refractivity contribution in [1.29, 1.82) is 0 Å². The van der Waals surface area contributed by atoms with Crippen molar-refractivity contribution in [2.75, 3.05) is 7.11 Å². The second-order valence-electron chi connectivity index (χ2n) is 7.70. The van der Waals surface area contributed by atoms with E-state index in [0.29, 0.717) is 11.2 Å². The number of benzene rings is 3. The Labute approximate surface area is 189 Å². The number of hydrogen-bond donors (Lipinski definition) is 0. The van der Waals surface area contributed by atoms with Crippen LogP contribution in [0.4, 0.5) is 0 Å². The first kappa shape index (κ1) is 20.3. The molecule has 0 aliphatic heterocycles. The second-order valence-corrected chi connectivity index (χ2v) is 8.64. The van der Waals surface area contributed by atoms with Crippen LogP contribution in [0.15, 0.2) is 76.7 Å². The van der Waals surface area contributed by atoms with Gasteiger partial charge in [0.05, 0.1) is 23.7 Å². The molecule has 160 valence electrons. The standard InChI is InChI=1S/C25H22N4O2S/c1-16-8-9-17(2)22(14-16)28-23(30)20-6-4-5-7-21(20)29-24(28)26-27-25(29)32-15-18-10-12-19(31-3)13-11-18/h4-14H,15H2,1-3H3. The topological polar surface area (TPSA) is 61.4 Å². The van der Waals surface area contributed by atoms with Gasteiger partial charge in [-0.05, 0) is 60.9 Å². The number of fused-ring (bicyclic) bond motifs is 3. The quantitative estimate of drug-likeness (QED) is 0.360. The van der Waals surface area contributed by atoms with Gasteiger partial charge in [-0.25, -0.2) is 4.57 Å². The molecule has 3 aromatic carbocycles. The van der Waals surface area contributed by atoms with E-state index >= 15 is 0 Å². The Morgan fingerprint density at radius 3 is 2.53 bits per heavy atom. The van der Waals surface area contributed by atoms with Gasteiger partial charge in [0.1, 0.15) is 5.75 Å². The Bertz CT molecular complexity index is 1500. The smallest absolute Gasteiger partial charge is 0.267 e. The van der Waals surface area contributed by atoms with E-state index in [1.54, 1.807) is 23.4 Å². The van der Waals surface area contributed by atoms with Crippen LogP contribution in [0, 0.1) is 13.8 Å². The maximum Gasteiger partial charge on any atom is 0.267 e. The van der Waals surface area contributed by atoms with Crippen molar-refractivity contribution >= 4 is 28.4 Å². The number of methoxy groups -OCH3 is 1. The number of aryl methyl sites for hydroxylation is 2. The average Bonchev–Trinajstić information content (AvgIpc) is 3.24. The summed E-state index contributed by atoms with van der Waals surface area (Å²) in [6.45, 7) is 4.02. The summed E-state index contributed by atoms with van der Waals surface area (Å²) in [5.41, 5.74) is 4.77. The van der Waals surface area contributed by atoms with Gasteiger partial charge in [0.25, 0.3) is 5.56 Å². The maximum atomic E-state index is 13.5. The SMILES string of the molecule is COc1ccc(CSc2nnc3n(-c4cc(C)ccc4C)c(=O)c4ccccc4n23)cc1. The number of thioether (sulfide) groups is 1. The molecule has 2 heterocycles. The van der Waals surface area contributed by atoms with Crippen molar-refractivity contribution in [3.8, 4) is 11.4 Å². The minimum absolute atomic E-state index is 0.0964. The van der Waals surface area contributed by atoms with Crippen molar-refractivity contribution in [1.82, 2.24) is 19.2 Å². The third kappa shape index (κ3) is 3.44. The van der Waals surface area contributed by atoms with Crippen LogP contribution in [0.2, 0.25) is 0 Å². The van der Waals surface area contributed by atoms with Gasteiger partial charge in [0.15, 0.2) is 5.16 Å². The van der Waals surface area contributed by atoms with Crippen LogP contribution in [0.25, 0.3) is 22.4 Å². The Balaban J connectivity index is 1.69. The highest BCUT2D eigenvalue weighted by molar-refractivity contribution is 7.98. The number of aromatic nitrogens is 4. The number of nitrogens with zero attached hydrogens (tertiary/aromatic N) is 4. The predicted octanol–water partition coefficient (Wildman–Crippen LogP) is 4.95. The highest BCUT2D eigenvalue weighted by Crippen LogP contribution is 2.27. The van der Waals surface area contributed by atoms with Gasteiger partial charge in [-0.1, -0.05) is 48.2 Å². The average molecular weight is 443 g/mol. The fourth-order valence-electron chi connectivity index (χ4n) is 3.82. The van der Waals surface area contributed by atoms with E-state index in [1.807, 2.05) is 85.0 Å². The van der Waals surface area contributed by atoms with Crippen LogP contribution < -0.4 is 10.3 Å². The normalized spacial score (nSPS) is 11.3. The maximum absolute atomic E-state index is 13.5. The van der Waals surface area contributed by atoms with Gasteiger partial charge in [-0.2, -0.15) is 0 Å². The van der Waals surface area contributed by atoms with E-state index < -0.39 is 0 Å². The molecule has 6 nitrogen and oxygen atoms in total. The van der Waals surface area contributed by atoms with Crippen molar-refractivity contribution < 1.29 is 4.74 Å². The number of hydrogen-bond acceptors (Lipinski definition) is 5. The summed E-state index contributed by atoms with van der Waals surface area (Å²) in [5.74, 6) is 2.07. The molecule has 5 aromatic rings. The molecular weight excluding hydrogens is 420 g/mol. The van der Waals surface area contributed by atoms with Crippen LogP contribution in [-0.4, -0.2) is 26.3 Å². The summed E-state index contributed by atoms with van der Waals surface area (Å²) < 4.78 is 8.90. The molecule has 0 radical (unpaired) electrons. The first-order chi connectivity index (χ1) is 15.6. The molecule has 5 rings (SSSR count). The van der Waals surface area contributed by atoms with Crippen LogP contribution in [0.1, 0.15) is 16.7 Å². The molecule has 0 aliphatic carbocycles. The molecule has 0 saturated heterocycles. The van der Waals surface area contributed by atoms with E-state index in [-0.39, 0.29) is 5.56 Å². The lowest BCUT2D eigenvalue weighted by Crippen LogP contribution is -2.22. The predicted molar refractivity (Wildman–Crippen MR) is 128 cm³/mol. The monoisotopic (exact) mass is 442 g/mol. The molecule has 0 unspecified atom stereocenters. The Hall–Kier alpha value is -3.58. The molecule has 0 aliphatic rings. The summed E-state index contributed by atoms with van der Waals surface area (Å²) in [5, 5.41) is 10.3. The Morgan fingerprint density at radius 2 is 1.75 bits per heavy atom. The third-order valence-electron chi connectivity index (χ3n) is 5.53. The summed E-state index contributed by atoms with van der Waals surface area (Å²) in [7, 11) is 1.66. The summed E-state index contributed by atoms with van der Waals surface area (Å²) >= 11 is 1.59. The molecule has 0 saturated carbocycles.